The summed E-state index contributed by atoms with van der Waals surface area (Å²) in [5.74, 6) is 0.317. The van der Waals surface area contributed by atoms with Crippen LogP contribution in [0.15, 0.2) is 77.8 Å². The van der Waals surface area contributed by atoms with E-state index in [0.717, 1.165) is 26.7 Å². The zero-order valence-corrected chi connectivity index (χ0v) is 31.1. The van der Waals surface area contributed by atoms with Crippen molar-refractivity contribution in [3.63, 3.8) is 0 Å². The van der Waals surface area contributed by atoms with Crippen molar-refractivity contribution in [3.05, 3.63) is 104 Å². The maximum Gasteiger partial charge on any atom is 0.407 e. The molecule has 0 aliphatic carbocycles. The van der Waals surface area contributed by atoms with E-state index in [1.165, 1.54) is 11.3 Å². The fourth-order valence-corrected chi connectivity index (χ4v) is 7.04. The number of Topliss-reactive ketones (excluding diaryl/α,β-unsaturated/α-hetero) is 1. The summed E-state index contributed by atoms with van der Waals surface area (Å²) in [6.45, 7) is 5.31. The number of ketones is 1. The molecule has 268 valence electrons. The number of aromatic nitrogens is 2. The van der Waals surface area contributed by atoms with E-state index < -0.39 is 12.1 Å². The molecule has 50 heavy (non-hydrogen) atoms. The quantitative estimate of drug-likeness (QED) is 0.0901. The average Bonchev–Trinajstić information content (AvgIpc) is 3.82. The minimum Gasteiger partial charge on any atom is -0.444 e. The average molecular weight is 719 g/mol. The Kier molecular flexibility index (Phi) is 15.9. The number of hydrogen-bond donors (Lipinski definition) is 3. The van der Waals surface area contributed by atoms with Gasteiger partial charge < -0.3 is 25.6 Å². The summed E-state index contributed by atoms with van der Waals surface area (Å²) in [6.07, 6.45) is 4.67. The molecule has 4 aromatic rings. The number of ether oxygens (including phenoxy) is 1. The van der Waals surface area contributed by atoms with Crippen molar-refractivity contribution in [2.24, 2.45) is 5.92 Å². The van der Waals surface area contributed by atoms with Crippen LogP contribution in [0.25, 0.3) is 0 Å². The number of carbonyl (C=O) groups is 3. The standard InChI is InChI=1S/C38H50N6O4S2/c1-27(2)36-41-32(25-49-36)23-44(4)37(46)43-34(17-18-39-3)35(45)21-30(19-28-11-7-5-8-12-28)15-16-31(20-29-13-9-6-10-14-29)42-38(47)48-24-33-22-40-26-50-33/h5-14,22,25-27,30-31,34,39H,15-21,23-24H2,1-4H3,(H,42,47)(H,43,46)/t30-,31-,34+/m1/s1. The number of amides is 3. The normalized spacial score (nSPS) is 13.0. The highest BCUT2D eigenvalue weighted by atomic mass is 32.1. The van der Waals surface area contributed by atoms with Crippen molar-refractivity contribution in [2.75, 3.05) is 20.6 Å². The fourth-order valence-electron chi connectivity index (χ4n) is 5.71. The van der Waals surface area contributed by atoms with Crippen LogP contribution in [0.4, 0.5) is 9.59 Å². The van der Waals surface area contributed by atoms with E-state index in [0.29, 0.717) is 57.5 Å². The molecule has 3 N–H and O–H groups in total. The Hall–Kier alpha value is -4.13. The number of alkyl carbamates (subject to hydrolysis) is 1. The summed E-state index contributed by atoms with van der Waals surface area (Å²) in [5.41, 5.74) is 4.79. The largest absolute Gasteiger partial charge is 0.444 e. The van der Waals surface area contributed by atoms with Gasteiger partial charge in [0.15, 0.2) is 5.78 Å². The first-order chi connectivity index (χ1) is 24.2. The molecule has 3 atom stereocenters. The van der Waals surface area contributed by atoms with Gasteiger partial charge in [0, 0.05) is 37.0 Å². The van der Waals surface area contributed by atoms with Crippen molar-refractivity contribution in [2.45, 2.75) is 83.5 Å². The second-order valence-corrected chi connectivity index (χ2v) is 14.8. The number of hydrogen-bond acceptors (Lipinski definition) is 9. The predicted molar refractivity (Wildman–Crippen MR) is 200 cm³/mol. The van der Waals surface area contributed by atoms with E-state index in [-0.39, 0.29) is 30.4 Å². The summed E-state index contributed by atoms with van der Waals surface area (Å²) in [4.78, 5) is 51.4. The molecule has 0 unspecified atom stereocenters. The molecule has 0 fully saturated rings. The minimum atomic E-state index is -0.641. The Morgan fingerprint density at radius 1 is 0.900 bits per heavy atom. The van der Waals surface area contributed by atoms with Crippen molar-refractivity contribution in [1.82, 2.24) is 30.8 Å². The van der Waals surface area contributed by atoms with E-state index in [9.17, 15) is 14.4 Å². The molecule has 0 bridgehead atoms. The van der Waals surface area contributed by atoms with Crippen molar-refractivity contribution < 1.29 is 19.1 Å². The third-order valence-corrected chi connectivity index (χ3v) is 10.4. The van der Waals surface area contributed by atoms with Crippen LogP contribution in [-0.2, 0) is 35.5 Å². The highest BCUT2D eigenvalue weighted by Crippen LogP contribution is 2.23. The van der Waals surface area contributed by atoms with Gasteiger partial charge in [-0.2, -0.15) is 0 Å². The second-order valence-electron chi connectivity index (χ2n) is 13.0. The topological polar surface area (TPSA) is 126 Å². The molecular formula is C38H50N6O4S2. The summed E-state index contributed by atoms with van der Waals surface area (Å²) in [6, 6.07) is 19.0. The molecule has 10 nitrogen and oxygen atoms in total. The number of urea groups is 1. The van der Waals surface area contributed by atoms with Crippen molar-refractivity contribution >= 4 is 40.6 Å². The third kappa shape index (κ3) is 13.3. The predicted octanol–water partition coefficient (Wildman–Crippen LogP) is 6.98. The monoisotopic (exact) mass is 718 g/mol. The molecular weight excluding hydrogens is 669 g/mol. The Morgan fingerprint density at radius 3 is 2.22 bits per heavy atom. The molecule has 0 aliphatic heterocycles. The number of nitrogens with zero attached hydrogens (tertiary/aromatic N) is 3. The molecule has 2 aromatic carbocycles. The lowest BCUT2D eigenvalue weighted by Crippen LogP contribution is -2.47. The molecule has 4 rings (SSSR count). The molecule has 0 saturated carbocycles. The van der Waals surface area contributed by atoms with Crippen molar-refractivity contribution in [1.29, 1.82) is 0 Å². The Labute approximate surface area is 304 Å². The molecule has 0 saturated heterocycles. The van der Waals surface area contributed by atoms with Gasteiger partial charge in [0.1, 0.15) is 6.61 Å². The van der Waals surface area contributed by atoms with Gasteiger partial charge in [-0.05, 0) is 62.7 Å². The molecule has 0 aliphatic rings. The van der Waals surface area contributed by atoms with Gasteiger partial charge in [-0.1, -0.05) is 74.5 Å². The third-order valence-electron chi connectivity index (χ3n) is 8.43. The SMILES string of the molecule is CNCC[C@H](NC(=O)N(C)Cc1csc(C(C)C)n1)C(=O)C[C@H](CC[C@H](Cc1ccccc1)NC(=O)OCc1cncs1)Cc1ccccc1. The fraction of sp³-hybridized carbons (Fsp3) is 0.447. The van der Waals surface area contributed by atoms with Crippen molar-refractivity contribution in [3.8, 4) is 0 Å². The van der Waals surface area contributed by atoms with Crippen LogP contribution in [0.1, 0.15) is 72.2 Å². The zero-order chi connectivity index (χ0) is 35.7. The lowest BCUT2D eigenvalue weighted by Gasteiger charge is -2.26. The number of carbonyl (C=O) groups excluding carboxylic acids is 3. The van der Waals surface area contributed by atoms with Crippen LogP contribution >= 0.6 is 22.7 Å². The van der Waals surface area contributed by atoms with Crippen LogP contribution in [0.3, 0.4) is 0 Å². The van der Waals surface area contributed by atoms with E-state index >= 15 is 0 Å². The lowest BCUT2D eigenvalue weighted by atomic mass is 9.86. The maximum atomic E-state index is 14.0. The molecule has 2 aromatic heterocycles. The second kappa shape index (κ2) is 20.5. The Bertz CT molecular complexity index is 1580. The maximum absolute atomic E-state index is 14.0. The smallest absolute Gasteiger partial charge is 0.407 e. The number of benzene rings is 2. The highest BCUT2D eigenvalue weighted by Gasteiger charge is 2.26. The van der Waals surface area contributed by atoms with Gasteiger partial charge >= 0.3 is 12.1 Å². The molecule has 0 radical (unpaired) electrons. The van der Waals surface area contributed by atoms with Crippen LogP contribution < -0.4 is 16.0 Å². The molecule has 2 heterocycles. The van der Waals surface area contributed by atoms with E-state index in [2.05, 4.69) is 51.9 Å². The zero-order valence-electron chi connectivity index (χ0n) is 29.5. The first-order valence-corrected chi connectivity index (χ1v) is 19.0. The number of nitrogens with one attached hydrogen (secondary N) is 3. The van der Waals surface area contributed by atoms with Gasteiger partial charge in [-0.15, -0.1) is 22.7 Å². The van der Waals surface area contributed by atoms with E-state index in [1.54, 1.807) is 35.0 Å². The lowest BCUT2D eigenvalue weighted by molar-refractivity contribution is -0.122. The van der Waals surface area contributed by atoms with Crippen LogP contribution in [0.2, 0.25) is 0 Å². The number of rotatable bonds is 20. The first kappa shape index (κ1) is 38.7. The summed E-state index contributed by atoms with van der Waals surface area (Å²) in [5, 5.41) is 12.2. The molecule has 3 amide bonds. The summed E-state index contributed by atoms with van der Waals surface area (Å²) < 4.78 is 5.51. The van der Waals surface area contributed by atoms with E-state index in [4.69, 9.17) is 4.74 Å². The van der Waals surface area contributed by atoms with Gasteiger partial charge in [-0.25, -0.2) is 14.6 Å². The van der Waals surface area contributed by atoms with Crippen LogP contribution in [0.5, 0.6) is 0 Å². The Morgan fingerprint density at radius 2 is 1.60 bits per heavy atom. The molecule has 0 spiro atoms. The van der Waals surface area contributed by atoms with Gasteiger partial charge in [0.25, 0.3) is 0 Å². The van der Waals surface area contributed by atoms with Crippen LogP contribution in [-0.4, -0.2) is 65.5 Å². The Balaban J connectivity index is 1.43. The van der Waals surface area contributed by atoms with Gasteiger partial charge in [0.05, 0.1) is 33.7 Å². The van der Waals surface area contributed by atoms with Gasteiger partial charge in [-0.3, -0.25) is 9.78 Å². The summed E-state index contributed by atoms with van der Waals surface area (Å²) in [7, 11) is 3.56. The van der Waals surface area contributed by atoms with E-state index in [1.807, 2.05) is 61.0 Å². The number of thiazole rings is 2. The van der Waals surface area contributed by atoms with Crippen LogP contribution in [0, 0.1) is 5.92 Å². The summed E-state index contributed by atoms with van der Waals surface area (Å²) >= 11 is 3.03. The van der Waals surface area contributed by atoms with Gasteiger partial charge in [0.2, 0.25) is 0 Å². The highest BCUT2D eigenvalue weighted by molar-refractivity contribution is 7.09. The first-order valence-electron chi connectivity index (χ1n) is 17.2. The minimum absolute atomic E-state index is 0.00443. The molecule has 12 heteroatoms.